The zero-order chi connectivity index (χ0) is 13.1. The molecule has 1 saturated carbocycles. The molecule has 1 aliphatic rings. The number of rotatable bonds is 6. The summed E-state index contributed by atoms with van der Waals surface area (Å²) in [5, 5.41) is 7.48. The first-order valence-corrected chi connectivity index (χ1v) is 6.30. The van der Waals surface area contributed by atoms with Crippen LogP contribution < -0.4 is 10.5 Å². The van der Waals surface area contributed by atoms with Crippen LogP contribution in [0, 0.1) is 11.3 Å². The Balaban J connectivity index is 2.06. The van der Waals surface area contributed by atoms with Gasteiger partial charge in [-0.3, -0.25) is 5.41 Å². The Hall–Kier alpha value is -1.55. The first-order chi connectivity index (χ1) is 8.60. The third-order valence-corrected chi connectivity index (χ3v) is 3.28. The Kier molecular flexibility index (Phi) is 3.87. The van der Waals surface area contributed by atoms with Crippen LogP contribution in [0.5, 0.6) is 5.75 Å². The molecule has 0 atom stereocenters. The van der Waals surface area contributed by atoms with Crippen molar-refractivity contribution in [3.8, 4) is 5.75 Å². The highest BCUT2D eigenvalue weighted by atomic mass is 16.5. The van der Waals surface area contributed by atoms with Crippen molar-refractivity contribution in [2.75, 3.05) is 20.7 Å². The molecule has 0 spiro atoms. The van der Waals surface area contributed by atoms with Crippen molar-refractivity contribution in [1.29, 1.82) is 5.41 Å². The monoisotopic (exact) mass is 247 g/mol. The second kappa shape index (κ2) is 5.40. The van der Waals surface area contributed by atoms with Crippen LogP contribution in [0.15, 0.2) is 18.2 Å². The number of benzene rings is 1. The summed E-state index contributed by atoms with van der Waals surface area (Å²) in [5.41, 5.74) is 7.36. The highest BCUT2D eigenvalue weighted by Crippen LogP contribution is 2.30. The summed E-state index contributed by atoms with van der Waals surface area (Å²) < 4.78 is 5.28. The molecule has 0 aromatic heterocycles. The van der Waals surface area contributed by atoms with Gasteiger partial charge in [-0.15, -0.1) is 0 Å². The van der Waals surface area contributed by atoms with Crippen LogP contribution in [0.2, 0.25) is 0 Å². The molecule has 0 radical (unpaired) electrons. The van der Waals surface area contributed by atoms with Gasteiger partial charge in [-0.25, -0.2) is 0 Å². The fourth-order valence-electron chi connectivity index (χ4n) is 2.17. The molecule has 0 aliphatic heterocycles. The molecule has 0 saturated heterocycles. The van der Waals surface area contributed by atoms with E-state index in [0.717, 1.165) is 19.0 Å². The molecule has 0 bridgehead atoms. The molecule has 4 heteroatoms. The molecule has 3 N–H and O–H groups in total. The van der Waals surface area contributed by atoms with E-state index in [1.165, 1.54) is 18.4 Å². The molecule has 1 aromatic rings. The number of amidine groups is 1. The van der Waals surface area contributed by atoms with Gasteiger partial charge in [0, 0.05) is 13.1 Å². The lowest BCUT2D eigenvalue weighted by Crippen LogP contribution is -2.20. The lowest BCUT2D eigenvalue weighted by Gasteiger charge is -2.17. The zero-order valence-corrected chi connectivity index (χ0v) is 11.1. The SMILES string of the molecule is COc1cc(CN(C)CC2CC2)ccc1C(=N)N. The van der Waals surface area contributed by atoms with Crippen molar-refractivity contribution in [2.24, 2.45) is 11.7 Å². The smallest absolute Gasteiger partial charge is 0.130 e. The molecule has 1 aliphatic carbocycles. The zero-order valence-electron chi connectivity index (χ0n) is 11.1. The van der Waals surface area contributed by atoms with Crippen molar-refractivity contribution in [2.45, 2.75) is 19.4 Å². The minimum atomic E-state index is 0.0461. The quantitative estimate of drug-likeness (QED) is 0.595. The molecule has 1 fully saturated rings. The lowest BCUT2D eigenvalue weighted by atomic mass is 10.1. The second-order valence-corrected chi connectivity index (χ2v) is 5.09. The van der Waals surface area contributed by atoms with Gasteiger partial charge in [-0.1, -0.05) is 6.07 Å². The summed E-state index contributed by atoms with van der Waals surface area (Å²) in [7, 11) is 3.75. The third-order valence-electron chi connectivity index (χ3n) is 3.28. The Morgan fingerprint density at radius 3 is 2.78 bits per heavy atom. The minimum absolute atomic E-state index is 0.0461. The maximum atomic E-state index is 7.48. The Morgan fingerprint density at radius 2 is 2.22 bits per heavy atom. The van der Waals surface area contributed by atoms with E-state index in [0.29, 0.717) is 11.3 Å². The van der Waals surface area contributed by atoms with E-state index in [-0.39, 0.29) is 5.84 Å². The van der Waals surface area contributed by atoms with E-state index in [1.54, 1.807) is 7.11 Å². The molecule has 18 heavy (non-hydrogen) atoms. The summed E-state index contributed by atoms with van der Waals surface area (Å²) in [6.07, 6.45) is 2.74. The molecule has 4 nitrogen and oxygen atoms in total. The maximum Gasteiger partial charge on any atom is 0.130 e. The van der Waals surface area contributed by atoms with E-state index in [1.807, 2.05) is 18.2 Å². The van der Waals surface area contributed by atoms with Crippen molar-refractivity contribution in [3.63, 3.8) is 0 Å². The van der Waals surface area contributed by atoms with E-state index in [4.69, 9.17) is 15.9 Å². The maximum absolute atomic E-state index is 7.48. The van der Waals surface area contributed by atoms with Crippen LogP contribution in [0.1, 0.15) is 24.0 Å². The summed E-state index contributed by atoms with van der Waals surface area (Å²) >= 11 is 0. The van der Waals surface area contributed by atoms with Crippen molar-refractivity contribution in [1.82, 2.24) is 4.90 Å². The fourth-order valence-corrected chi connectivity index (χ4v) is 2.17. The number of methoxy groups -OCH3 is 1. The number of nitrogens with two attached hydrogens (primary N) is 1. The Bertz CT molecular complexity index is 441. The summed E-state index contributed by atoms with van der Waals surface area (Å²) in [6, 6.07) is 5.85. The van der Waals surface area contributed by atoms with Crippen LogP contribution in [0.25, 0.3) is 0 Å². The van der Waals surface area contributed by atoms with Gasteiger partial charge in [0.15, 0.2) is 0 Å². The number of hydrogen-bond acceptors (Lipinski definition) is 3. The van der Waals surface area contributed by atoms with E-state index >= 15 is 0 Å². The van der Waals surface area contributed by atoms with Gasteiger partial charge in [-0.05, 0) is 43.5 Å². The normalized spacial score (nSPS) is 14.8. The van der Waals surface area contributed by atoms with Gasteiger partial charge in [0.1, 0.15) is 11.6 Å². The van der Waals surface area contributed by atoms with Crippen molar-refractivity contribution < 1.29 is 4.74 Å². The molecule has 0 amide bonds. The highest BCUT2D eigenvalue weighted by Gasteiger charge is 2.22. The first kappa shape index (κ1) is 12.9. The standard InChI is InChI=1S/C14H21N3O/c1-17(8-10-3-4-10)9-11-5-6-12(14(15)16)13(7-11)18-2/h5-7,10H,3-4,8-9H2,1-2H3,(H3,15,16). The van der Waals surface area contributed by atoms with Gasteiger partial charge in [0.25, 0.3) is 0 Å². The van der Waals surface area contributed by atoms with Crippen molar-refractivity contribution >= 4 is 5.84 Å². The Labute approximate surface area is 108 Å². The van der Waals surface area contributed by atoms with Crippen LogP contribution in [-0.2, 0) is 6.54 Å². The van der Waals surface area contributed by atoms with Crippen LogP contribution in [0.4, 0.5) is 0 Å². The van der Waals surface area contributed by atoms with Crippen LogP contribution in [0.3, 0.4) is 0 Å². The lowest BCUT2D eigenvalue weighted by molar-refractivity contribution is 0.312. The first-order valence-electron chi connectivity index (χ1n) is 6.30. The van der Waals surface area contributed by atoms with E-state index in [9.17, 15) is 0 Å². The number of nitrogens with zero attached hydrogens (tertiary/aromatic N) is 1. The number of nitrogen functional groups attached to an aromatic ring is 1. The topological polar surface area (TPSA) is 62.3 Å². The molecule has 0 heterocycles. The van der Waals surface area contributed by atoms with Gasteiger partial charge < -0.3 is 15.4 Å². The molecule has 0 unspecified atom stereocenters. The molecular formula is C14H21N3O. The number of nitrogens with one attached hydrogen (secondary N) is 1. The van der Waals surface area contributed by atoms with E-state index in [2.05, 4.69) is 11.9 Å². The number of hydrogen-bond donors (Lipinski definition) is 2. The summed E-state index contributed by atoms with van der Waals surface area (Å²) in [6.45, 7) is 2.07. The third kappa shape index (κ3) is 3.23. The van der Waals surface area contributed by atoms with Crippen LogP contribution in [-0.4, -0.2) is 31.4 Å². The average molecular weight is 247 g/mol. The molecule has 98 valence electrons. The predicted molar refractivity (Wildman–Crippen MR) is 73.1 cm³/mol. The van der Waals surface area contributed by atoms with Gasteiger partial charge in [0.05, 0.1) is 12.7 Å². The highest BCUT2D eigenvalue weighted by molar-refractivity contribution is 5.97. The van der Waals surface area contributed by atoms with Gasteiger partial charge >= 0.3 is 0 Å². The molecule has 1 aromatic carbocycles. The van der Waals surface area contributed by atoms with E-state index < -0.39 is 0 Å². The summed E-state index contributed by atoms with van der Waals surface area (Å²) in [4.78, 5) is 2.33. The number of ether oxygens (including phenoxy) is 1. The van der Waals surface area contributed by atoms with Crippen LogP contribution >= 0.6 is 0 Å². The van der Waals surface area contributed by atoms with Gasteiger partial charge in [-0.2, -0.15) is 0 Å². The van der Waals surface area contributed by atoms with Crippen molar-refractivity contribution in [3.05, 3.63) is 29.3 Å². The predicted octanol–water partition coefficient (Wildman–Crippen LogP) is 1.82. The summed E-state index contributed by atoms with van der Waals surface area (Å²) in [5.74, 6) is 1.62. The molecular weight excluding hydrogens is 226 g/mol. The average Bonchev–Trinajstić information content (AvgIpc) is 3.12. The Morgan fingerprint density at radius 1 is 1.50 bits per heavy atom. The minimum Gasteiger partial charge on any atom is -0.496 e. The molecule has 2 rings (SSSR count). The second-order valence-electron chi connectivity index (χ2n) is 5.09. The fraction of sp³-hybridized carbons (Fsp3) is 0.500. The largest absolute Gasteiger partial charge is 0.496 e. The van der Waals surface area contributed by atoms with Gasteiger partial charge in [0.2, 0.25) is 0 Å².